The van der Waals surface area contributed by atoms with Crippen LogP contribution in [0.4, 0.5) is 11.4 Å². The van der Waals surface area contributed by atoms with Crippen LogP contribution in [-0.4, -0.2) is 82.7 Å². The molecule has 2 amide bonds. The number of carbonyl (C=O) groups is 3. The number of ether oxygens (including phenoxy) is 1. The highest BCUT2D eigenvalue weighted by atomic mass is 32.2. The second-order valence-corrected chi connectivity index (χ2v) is 13.1. The molecule has 3 heterocycles. The Morgan fingerprint density at radius 1 is 1.17 bits per heavy atom. The summed E-state index contributed by atoms with van der Waals surface area (Å²) in [5.74, 6) is -2.04. The van der Waals surface area contributed by atoms with Gasteiger partial charge in [0.05, 0.1) is 35.8 Å². The molecule has 1 aromatic carbocycles. The van der Waals surface area contributed by atoms with E-state index in [1.165, 1.54) is 0 Å². The standard InChI is InChI=1S/C33H47N3O5S/c1-7-12-13-19-41-32(40)27-26-20-22(6)33(42-26)28(27)30(38)36(23(9-3)21-37)29(33)31(39)35(18-8-2)25-16-14-24(15-17-25)34(10-4)11-5/h7-8,14-17,22-23,26-29,37H,1-2,9-13,18-21H2,3-6H3/t22?,23-,26-,27+,28-,29?,33?/m0/s1. The van der Waals surface area contributed by atoms with Gasteiger partial charge in [0.1, 0.15) is 6.04 Å². The predicted molar refractivity (Wildman–Crippen MR) is 170 cm³/mol. The van der Waals surface area contributed by atoms with E-state index < -0.39 is 28.7 Å². The highest BCUT2D eigenvalue weighted by molar-refractivity contribution is 8.02. The van der Waals surface area contributed by atoms with E-state index in [-0.39, 0.29) is 48.7 Å². The van der Waals surface area contributed by atoms with Crippen LogP contribution in [0.15, 0.2) is 49.6 Å². The third-order valence-electron chi connectivity index (χ3n) is 9.43. The van der Waals surface area contributed by atoms with Crippen molar-refractivity contribution >= 4 is 40.9 Å². The largest absolute Gasteiger partial charge is 0.465 e. The first-order valence-electron chi connectivity index (χ1n) is 15.4. The van der Waals surface area contributed by atoms with Gasteiger partial charge in [0.25, 0.3) is 5.91 Å². The van der Waals surface area contributed by atoms with Crippen molar-refractivity contribution < 1.29 is 24.2 Å². The molecule has 4 rings (SSSR count). The predicted octanol–water partition coefficient (Wildman–Crippen LogP) is 4.67. The number of hydrogen-bond acceptors (Lipinski definition) is 7. The van der Waals surface area contributed by atoms with Crippen molar-refractivity contribution in [2.45, 2.75) is 75.5 Å². The number of aliphatic hydroxyl groups is 1. The maximum atomic E-state index is 14.8. The molecule has 9 heteroatoms. The molecule has 3 unspecified atom stereocenters. The van der Waals surface area contributed by atoms with Gasteiger partial charge in [-0.15, -0.1) is 24.9 Å². The van der Waals surface area contributed by atoms with Gasteiger partial charge in [0.15, 0.2) is 0 Å². The summed E-state index contributed by atoms with van der Waals surface area (Å²) in [4.78, 5) is 48.2. The smallest absolute Gasteiger partial charge is 0.310 e. The van der Waals surface area contributed by atoms with Gasteiger partial charge >= 0.3 is 5.97 Å². The number of thioether (sulfide) groups is 1. The minimum atomic E-state index is -0.821. The highest BCUT2D eigenvalue weighted by Gasteiger charge is 2.77. The summed E-state index contributed by atoms with van der Waals surface area (Å²) in [7, 11) is 0. The van der Waals surface area contributed by atoms with Crippen LogP contribution < -0.4 is 9.80 Å². The summed E-state index contributed by atoms with van der Waals surface area (Å²) in [5.41, 5.74) is 1.80. The van der Waals surface area contributed by atoms with Gasteiger partial charge in [-0.2, -0.15) is 0 Å². The van der Waals surface area contributed by atoms with Crippen molar-refractivity contribution in [1.29, 1.82) is 0 Å². The molecule has 2 bridgehead atoms. The van der Waals surface area contributed by atoms with Crippen LogP contribution in [0.1, 0.15) is 53.4 Å². The molecule has 1 spiro atoms. The fraction of sp³-hybridized carbons (Fsp3) is 0.606. The second-order valence-electron chi connectivity index (χ2n) is 11.6. The average molecular weight is 598 g/mol. The van der Waals surface area contributed by atoms with Crippen molar-refractivity contribution in [2.24, 2.45) is 17.8 Å². The number of nitrogens with zero attached hydrogens (tertiary/aromatic N) is 3. The Morgan fingerprint density at radius 3 is 2.40 bits per heavy atom. The molecule has 0 saturated carbocycles. The summed E-state index contributed by atoms with van der Waals surface area (Å²) in [6.07, 6.45) is 6.13. The fourth-order valence-electron chi connectivity index (χ4n) is 7.34. The van der Waals surface area contributed by atoms with Crippen LogP contribution >= 0.6 is 11.8 Å². The summed E-state index contributed by atoms with van der Waals surface area (Å²) < 4.78 is 4.90. The SMILES string of the molecule is C=CCCCOC(=O)[C@@H]1[C@@H]2CC(C)C3(S2)C(C(=O)N(CC=C)c2ccc(N(CC)CC)cc2)N([C@@H](CC)CO)C(=O)[C@H]13. The number of benzene rings is 1. The topological polar surface area (TPSA) is 90.4 Å². The quantitative estimate of drug-likeness (QED) is 0.179. The number of aliphatic hydroxyl groups excluding tert-OH is 1. The third kappa shape index (κ3) is 5.39. The highest BCUT2D eigenvalue weighted by Crippen LogP contribution is 2.69. The first kappa shape index (κ1) is 32.1. The van der Waals surface area contributed by atoms with Crippen molar-refractivity contribution in [1.82, 2.24) is 4.90 Å². The van der Waals surface area contributed by atoms with E-state index in [1.54, 1.807) is 33.7 Å². The van der Waals surface area contributed by atoms with E-state index in [0.29, 0.717) is 12.8 Å². The van der Waals surface area contributed by atoms with Gasteiger partial charge in [-0.1, -0.05) is 26.0 Å². The van der Waals surface area contributed by atoms with Crippen LogP contribution in [0.2, 0.25) is 0 Å². The zero-order valence-electron chi connectivity index (χ0n) is 25.5. The minimum Gasteiger partial charge on any atom is -0.465 e. The molecule has 7 atom stereocenters. The molecule has 0 radical (unpaired) electrons. The average Bonchev–Trinajstić information content (AvgIpc) is 3.59. The van der Waals surface area contributed by atoms with Gasteiger partial charge in [0, 0.05) is 36.3 Å². The number of carbonyl (C=O) groups excluding carboxylic acids is 3. The fourth-order valence-corrected chi connectivity index (χ4v) is 9.73. The van der Waals surface area contributed by atoms with Crippen molar-refractivity contribution in [3.63, 3.8) is 0 Å². The number of hydrogen-bond donors (Lipinski definition) is 1. The summed E-state index contributed by atoms with van der Waals surface area (Å²) in [6, 6.07) is 6.58. The van der Waals surface area contributed by atoms with Gasteiger partial charge in [-0.25, -0.2) is 0 Å². The lowest BCUT2D eigenvalue weighted by Gasteiger charge is -2.42. The van der Waals surface area contributed by atoms with Crippen molar-refractivity contribution in [3.8, 4) is 0 Å². The van der Waals surface area contributed by atoms with Gasteiger partial charge in [-0.05, 0) is 69.7 Å². The Labute approximate surface area is 255 Å². The number of rotatable bonds is 15. The molecule has 230 valence electrons. The third-order valence-corrected chi connectivity index (χ3v) is 11.5. The molecule has 0 aromatic heterocycles. The molecule has 42 heavy (non-hydrogen) atoms. The Morgan fingerprint density at radius 2 is 1.83 bits per heavy atom. The van der Waals surface area contributed by atoms with Crippen LogP contribution in [0.3, 0.4) is 0 Å². The maximum Gasteiger partial charge on any atom is 0.310 e. The number of fused-ring (bicyclic) bond motifs is 1. The summed E-state index contributed by atoms with van der Waals surface area (Å²) in [6.45, 7) is 17.9. The monoisotopic (exact) mass is 597 g/mol. The van der Waals surface area contributed by atoms with Gasteiger partial charge in [-0.3, -0.25) is 14.4 Å². The molecule has 3 aliphatic rings. The van der Waals surface area contributed by atoms with Crippen LogP contribution in [-0.2, 0) is 19.1 Å². The first-order chi connectivity index (χ1) is 20.2. The second kappa shape index (κ2) is 13.7. The Balaban J connectivity index is 1.74. The molecule has 8 nitrogen and oxygen atoms in total. The van der Waals surface area contributed by atoms with E-state index in [2.05, 4.69) is 38.8 Å². The molecule has 3 fully saturated rings. The molecular weight excluding hydrogens is 550 g/mol. The van der Waals surface area contributed by atoms with Crippen LogP contribution in [0.5, 0.6) is 0 Å². The van der Waals surface area contributed by atoms with Crippen LogP contribution in [0, 0.1) is 17.8 Å². The maximum absolute atomic E-state index is 14.8. The zero-order chi connectivity index (χ0) is 30.6. The summed E-state index contributed by atoms with van der Waals surface area (Å²) in [5, 5.41) is 10.3. The summed E-state index contributed by atoms with van der Waals surface area (Å²) >= 11 is 1.62. The van der Waals surface area contributed by atoms with E-state index in [4.69, 9.17) is 4.74 Å². The van der Waals surface area contributed by atoms with Gasteiger partial charge in [0.2, 0.25) is 5.91 Å². The first-order valence-corrected chi connectivity index (χ1v) is 16.3. The minimum absolute atomic E-state index is 0.0250. The molecular formula is C33H47N3O5S. The number of allylic oxidation sites excluding steroid dienone is 1. The van der Waals surface area contributed by atoms with E-state index in [9.17, 15) is 19.5 Å². The normalized spacial score (nSPS) is 28.4. The van der Waals surface area contributed by atoms with E-state index in [0.717, 1.165) is 37.3 Å². The van der Waals surface area contributed by atoms with Gasteiger partial charge < -0.3 is 24.5 Å². The molecule has 0 aliphatic carbocycles. The number of unbranched alkanes of at least 4 members (excludes halogenated alkanes) is 1. The molecule has 3 saturated heterocycles. The zero-order valence-corrected chi connectivity index (χ0v) is 26.4. The Bertz CT molecular complexity index is 1150. The molecule has 1 aromatic rings. The molecule has 3 aliphatic heterocycles. The lowest BCUT2D eigenvalue weighted by molar-refractivity contribution is -0.155. The van der Waals surface area contributed by atoms with Crippen LogP contribution in [0.25, 0.3) is 0 Å². The van der Waals surface area contributed by atoms with Crippen molar-refractivity contribution in [2.75, 3.05) is 42.6 Å². The van der Waals surface area contributed by atoms with E-state index in [1.807, 2.05) is 31.2 Å². The lowest BCUT2D eigenvalue weighted by Crippen LogP contribution is -2.59. The van der Waals surface area contributed by atoms with E-state index >= 15 is 0 Å². The molecule has 1 N–H and O–H groups in total. The Hall–Kier alpha value is -2.78. The lowest BCUT2D eigenvalue weighted by atomic mass is 9.66. The number of amides is 2. The number of likely N-dealkylation sites (tertiary alicyclic amines) is 1. The number of esters is 1. The Kier molecular flexibility index (Phi) is 10.5. The number of anilines is 2. The van der Waals surface area contributed by atoms with Crippen molar-refractivity contribution in [3.05, 3.63) is 49.6 Å².